The van der Waals surface area contributed by atoms with Gasteiger partial charge in [0, 0.05) is 44.9 Å². The maximum atomic E-state index is 8.40. The van der Waals surface area contributed by atoms with E-state index >= 15 is 0 Å². The van der Waals surface area contributed by atoms with Gasteiger partial charge in [-0.05, 0) is 13.1 Å². The van der Waals surface area contributed by atoms with Crippen molar-refractivity contribution in [2.45, 2.75) is 12.8 Å². The fourth-order valence-electron chi connectivity index (χ4n) is 1.42. The van der Waals surface area contributed by atoms with E-state index in [1.165, 1.54) is 5.69 Å². The summed E-state index contributed by atoms with van der Waals surface area (Å²) in [5, 5.41) is 15.4. The molecule has 0 spiro atoms. The van der Waals surface area contributed by atoms with E-state index in [9.17, 15) is 0 Å². The lowest BCUT2D eigenvalue weighted by Crippen LogP contribution is -2.27. The molecular weight excluding hydrogens is 206 g/mol. The molecule has 1 rings (SSSR count). The number of rotatable bonds is 6. The molecule has 16 heavy (non-hydrogen) atoms. The highest BCUT2D eigenvalue weighted by atomic mass is 16.4. The third kappa shape index (κ3) is 3.90. The van der Waals surface area contributed by atoms with Gasteiger partial charge in [-0.15, -0.1) is 0 Å². The van der Waals surface area contributed by atoms with Crippen molar-refractivity contribution in [1.82, 2.24) is 14.7 Å². The molecule has 0 fully saturated rings. The predicted octanol–water partition coefficient (Wildman–Crippen LogP) is 0.0309. The van der Waals surface area contributed by atoms with Gasteiger partial charge in [-0.3, -0.25) is 4.68 Å². The Kier molecular flexibility index (Phi) is 4.78. The van der Waals surface area contributed by atoms with Crippen molar-refractivity contribution in [3.8, 4) is 0 Å². The van der Waals surface area contributed by atoms with Gasteiger partial charge in [-0.2, -0.15) is 5.10 Å². The first-order valence-electron chi connectivity index (χ1n) is 5.25. The zero-order valence-corrected chi connectivity index (χ0v) is 9.80. The summed E-state index contributed by atoms with van der Waals surface area (Å²) < 4.78 is 1.87. The second-order valence-electron chi connectivity index (χ2n) is 3.84. The maximum Gasteiger partial charge on any atom is 0.140 e. The van der Waals surface area contributed by atoms with Gasteiger partial charge in [0.2, 0.25) is 0 Å². The van der Waals surface area contributed by atoms with E-state index in [2.05, 4.69) is 15.2 Å². The minimum atomic E-state index is 0.271. The largest absolute Gasteiger partial charge is 0.409 e. The molecule has 0 aliphatic rings. The van der Waals surface area contributed by atoms with Gasteiger partial charge in [0.1, 0.15) is 5.84 Å². The van der Waals surface area contributed by atoms with Crippen molar-refractivity contribution in [3.05, 3.63) is 18.0 Å². The van der Waals surface area contributed by atoms with Crippen molar-refractivity contribution in [3.63, 3.8) is 0 Å². The molecule has 0 aromatic carbocycles. The van der Waals surface area contributed by atoms with E-state index in [1.54, 1.807) is 6.20 Å². The summed E-state index contributed by atoms with van der Waals surface area (Å²) in [6, 6.07) is 2.01. The SMILES string of the molecule is CN(CCC(N)=NO)CCc1ccnn1C. The molecule has 6 nitrogen and oxygen atoms in total. The van der Waals surface area contributed by atoms with Crippen LogP contribution in [0.25, 0.3) is 0 Å². The van der Waals surface area contributed by atoms with Gasteiger partial charge < -0.3 is 15.8 Å². The highest BCUT2D eigenvalue weighted by Gasteiger charge is 2.03. The summed E-state index contributed by atoms with van der Waals surface area (Å²) in [5.41, 5.74) is 6.60. The van der Waals surface area contributed by atoms with Gasteiger partial charge in [-0.1, -0.05) is 5.16 Å². The number of nitrogens with two attached hydrogens (primary N) is 1. The highest BCUT2D eigenvalue weighted by molar-refractivity contribution is 5.79. The van der Waals surface area contributed by atoms with Crippen LogP contribution < -0.4 is 5.73 Å². The van der Waals surface area contributed by atoms with Crippen LogP contribution in [0.4, 0.5) is 0 Å². The van der Waals surface area contributed by atoms with Gasteiger partial charge in [-0.25, -0.2) is 0 Å². The quantitative estimate of drug-likeness (QED) is 0.310. The van der Waals surface area contributed by atoms with Crippen LogP contribution in [-0.2, 0) is 13.5 Å². The van der Waals surface area contributed by atoms with Crippen LogP contribution in [-0.4, -0.2) is 45.9 Å². The first kappa shape index (κ1) is 12.5. The van der Waals surface area contributed by atoms with Crippen LogP contribution in [0.1, 0.15) is 12.1 Å². The van der Waals surface area contributed by atoms with Crippen LogP contribution in [0.3, 0.4) is 0 Å². The molecule has 0 atom stereocenters. The lowest BCUT2D eigenvalue weighted by Gasteiger charge is -2.15. The Morgan fingerprint density at radius 2 is 2.38 bits per heavy atom. The number of oxime groups is 1. The fraction of sp³-hybridized carbons (Fsp3) is 0.600. The molecule has 0 bridgehead atoms. The third-order valence-corrected chi connectivity index (χ3v) is 2.55. The Morgan fingerprint density at radius 3 is 2.94 bits per heavy atom. The van der Waals surface area contributed by atoms with Crippen LogP contribution in [0, 0.1) is 0 Å². The van der Waals surface area contributed by atoms with Crippen LogP contribution in [0.5, 0.6) is 0 Å². The summed E-state index contributed by atoms with van der Waals surface area (Å²) in [5.74, 6) is 0.271. The van der Waals surface area contributed by atoms with Crippen molar-refractivity contribution >= 4 is 5.84 Å². The molecule has 6 heteroatoms. The lowest BCUT2D eigenvalue weighted by molar-refractivity contribution is 0.311. The molecule has 1 aromatic heterocycles. The lowest BCUT2D eigenvalue weighted by atomic mass is 10.3. The van der Waals surface area contributed by atoms with E-state index < -0.39 is 0 Å². The fourth-order valence-corrected chi connectivity index (χ4v) is 1.42. The Labute approximate surface area is 95.3 Å². The summed E-state index contributed by atoms with van der Waals surface area (Å²) >= 11 is 0. The molecule has 3 N–H and O–H groups in total. The molecule has 1 heterocycles. The van der Waals surface area contributed by atoms with E-state index in [-0.39, 0.29) is 5.84 Å². The number of aromatic nitrogens is 2. The van der Waals surface area contributed by atoms with Crippen molar-refractivity contribution in [2.75, 3.05) is 20.1 Å². The summed E-state index contributed by atoms with van der Waals surface area (Å²) in [6.45, 7) is 1.71. The number of nitrogens with zero attached hydrogens (tertiary/aromatic N) is 4. The minimum absolute atomic E-state index is 0.271. The van der Waals surface area contributed by atoms with Crippen molar-refractivity contribution in [1.29, 1.82) is 0 Å². The van der Waals surface area contributed by atoms with Crippen LogP contribution in [0.15, 0.2) is 17.4 Å². The summed E-state index contributed by atoms with van der Waals surface area (Å²) in [6.07, 6.45) is 3.33. The molecule has 1 aromatic rings. The molecule has 0 aliphatic heterocycles. The first-order chi connectivity index (χ1) is 7.63. The zero-order chi connectivity index (χ0) is 12.0. The van der Waals surface area contributed by atoms with Gasteiger partial charge in [0.05, 0.1) is 0 Å². The van der Waals surface area contributed by atoms with Gasteiger partial charge in [0.25, 0.3) is 0 Å². The molecular formula is C10H19N5O. The molecule has 0 unspecified atom stereocenters. The Bertz CT molecular complexity index is 347. The number of hydrogen-bond acceptors (Lipinski definition) is 4. The first-order valence-corrected chi connectivity index (χ1v) is 5.25. The number of aryl methyl sites for hydroxylation is 1. The van der Waals surface area contributed by atoms with E-state index in [4.69, 9.17) is 10.9 Å². The third-order valence-electron chi connectivity index (χ3n) is 2.55. The van der Waals surface area contributed by atoms with Crippen molar-refractivity contribution < 1.29 is 5.21 Å². The number of amidine groups is 1. The molecule has 0 aliphatic carbocycles. The average molecular weight is 225 g/mol. The van der Waals surface area contributed by atoms with Gasteiger partial charge in [0.15, 0.2) is 0 Å². The second kappa shape index (κ2) is 6.12. The van der Waals surface area contributed by atoms with Crippen LogP contribution >= 0.6 is 0 Å². The average Bonchev–Trinajstić information content (AvgIpc) is 2.69. The topological polar surface area (TPSA) is 79.7 Å². The van der Waals surface area contributed by atoms with E-state index in [0.29, 0.717) is 6.42 Å². The monoisotopic (exact) mass is 225 g/mol. The second-order valence-corrected chi connectivity index (χ2v) is 3.84. The minimum Gasteiger partial charge on any atom is -0.409 e. The Hall–Kier alpha value is -1.56. The zero-order valence-electron chi connectivity index (χ0n) is 9.80. The molecule has 90 valence electrons. The Morgan fingerprint density at radius 1 is 1.62 bits per heavy atom. The Balaban J connectivity index is 2.25. The summed E-state index contributed by atoms with van der Waals surface area (Å²) in [7, 11) is 3.95. The molecule has 0 saturated heterocycles. The maximum absolute atomic E-state index is 8.40. The number of likely N-dealkylation sites (N-methyl/N-ethyl adjacent to an activating group) is 1. The van der Waals surface area contributed by atoms with Crippen LogP contribution in [0.2, 0.25) is 0 Å². The molecule has 0 saturated carbocycles. The highest BCUT2D eigenvalue weighted by Crippen LogP contribution is 1.99. The molecule has 0 amide bonds. The smallest absolute Gasteiger partial charge is 0.140 e. The number of hydrogen-bond donors (Lipinski definition) is 2. The van der Waals surface area contributed by atoms with Gasteiger partial charge >= 0.3 is 0 Å². The standard InChI is InChI=1S/C10H19N5O/c1-14(8-5-10(11)13-16)7-4-9-3-6-12-15(9)2/h3,6,16H,4-5,7-8H2,1-2H3,(H2,11,13). The summed E-state index contributed by atoms with van der Waals surface area (Å²) in [4.78, 5) is 2.14. The van der Waals surface area contributed by atoms with E-state index in [1.807, 2.05) is 24.8 Å². The normalized spacial score (nSPS) is 12.3. The molecule has 0 radical (unpaired) electrons. The van der Waals surface area contributed by atoms with Crippen molar-refractivity contribution in [2.24, 2.45) is 17.9 Å². The van der Waals surface area contributed by atoms with E-state index in [0.717, 1.165) is 19.5 Å². The predicted molar refractivity (Wildman–Crippen MR) is 62.4 cm³/mol.